The fourth-order valence-electron chi connectivity index (χ4n) is 1.39. The van der Waals surface area contributed by atoms with Crippen LogP contribution in [0.2, 0.25) is 0 Å². The molecule has 0 atom stereocenters. The Hall–Kier alpha value is -1.60. The summed E-state index contributed by atoms with van der Waals surface area (Å²) in [6.07, 6.45) is 1.07. The summed E-state index contributed by atoms with van der Waals surface area (Å²) in [6, 6.07) is 5.07. The molecule has 0 aliphatic carbocycles. The lowest BCUT2D eigenvalue weighted by Crippen LogP contribution is -2.34. The summed E-state index contributed by atoms with van der Waals surface area (Å²) in [7, 11) is -3.22. The zero-order valence-corrected chi connectivity index (χ0v) is 11.2. The van der Waals surface area contributed by atoms with E-state index in [1.54, 1.807) is 18.2 Å². The maximum absolute atomic E-state index is 11.8. The summed E-state index contributed by atoms with van der Waals surface area (Å²) >= 11 is 0. The van der Waals surface area contributed by atoms with Crippen molar-refractivity contribution in [2.75, 3.05) is 25.1 Å². The number of carbonyl (C=O) groups excluding carboxylic acids is 1. The van der Waals surface area contributed by atoms with Crippen LogP contribution >= 0.6 is 0 Å². The first-order valence-corrected chi connectivity index (χ1v) is 7.28. The van der Waals surface area contributed by atoms with Crippen molar-refractivity contribution in [2.45, 2.75) is 6.92 Å². The van der Waals surface area contributed by atoms with E-state index < -0.39 is 10.0 Å². The lowest BCUT2D eigenvalue weighted by atomic mass is 10.1. The molecule has 0 spiro atoms. The van der Waals surface area contributed by atoms with Crippen LogP contribution in [0.3, 0.4) is 0 Å². The van der Waals surface area contributed by atoms with E-state index in [1.807, 2.05) is 6.92 Å². The van der Waals surface area contributed by atoms with E-state index >= 15 is 0 Å². The molecule has 1 rings (SSSR count). The number of hydrogen-bond acceptors (Lipinski definition) is 4. The molecule has 1 aromatic rings. The largest absolute Gasteiger partial charge is 0.399 e. The molecule has 18 heavy (non-hydrogen) atoms. The van der Waals surface area contributed by atoms with Gasteiger partial charge in [0.05, 0.1) is 6.26 Å². The second-order valence-electron chi connectivity index (χ2n) is 4.00. The van der Waals surface area contributed by atoms with Crippen LogP contribution in [0, 0.1) is 6.92 Å². The maximum atomic E-state index is 11.8. The standard InChI is InChI=1S/C11H17N3O3S/c1-8-3-4-9(12)7-10(8)11(15)13-5-6-14-18(2,16)17/h3-4,7,14H,5-6,12H2,1-2H3,(H,13,15). The van der Waals surface area contributed by atoms with Gasteiger partial charge in [0.15, 0.2) is 0 Å². The van der Waals surface area contributed by atoms with Gasteiger partial charge in [-0.25, -0.2) is 13.1 Å². The Morgan fingerprint density at radius 3 is 2.61 bits per heavy atom. The summed E-state index contributed by atoms with van der Waals surface area (Å²) in [5.74, 6) is -0.268. The third-order valence-corrected chi connectivity index (χ3v) is 3.01. The maximum Gasteiger partial charge on any atom is 0.251 e. The van der Waals surface area contributed by atoms with Crippen molar-refractivity contribution in [3.05, 3.63) is 29.3 Å². The predicted octanol–water partition coefficient (Wildman–Crippen LogP) is -0.144. The molecule has 100 valence electrons. The zero-order chi connectivity index (χ0) is 13.8. The molecule has 0 unspecified atom stereocenters. The minimum atomic E-state index is -3.22. The van der Waals surface area contributed by atoms with Gasteiger partial charge in [-0.3, -0.25) is 4.79 Å². The number of aryl methyl sites for hydroxylation is 1. The third-order valence-electron chi connectivity index (χ3n) is 2.28. The molecule has 0 heterocycles. The average molecular weight is 271 g/mol. The van der Waals surface area contributed by atoms with Gasteiger partial charge in [0.2, 0.25) is 10.0 Å². The lowest BCUT2D eigenvalue weighted by Gasteiger charge is -2.08. The number of amides is 1. The van der Waals surface area contributed by atoms with Crippen LogP contribution in [0.25, 0.3) is 0 Å². The predicted molar refractivity (Wildman–Crippen MR) is 70.8 cm³/mol. The number of nitrogens with one attached hydrogen (secondary N) is 2. The summed E-state index contributed by atoms with van der Waals surface area (Å²) in [6.45, 7) is 2.19. The normalized spacial score (nSPS) is 11.2. The minimum absolute atomic E-state index is 0.159. The smallest absolute Gasteiger partial charge is 0.251 e. The number of nitrogen functional groups attached to an aromatic ring is 1. The number of carbonyl (C=O) groups is 1. The van der Waals surface area contributed by atoms with E-state index in [2.05, 4.69) is 10.0 Å². The zero-order valence-electron chi connectivity index (χ0n) is 10.4. The summed E-state index contributed by atoms with van der Waals surface area (Å²) < 4.78 is 23.9. The molecule has 0 saturated carbocycles. The van der Waals surface area contributed by atoms with Crippen LogP contribution in [-0.4, -0.2) is 33.7 Å². The summed E-state index contributed by atoms with van der Waals surface area (Å²) in [5, 5.41) is 2.62. The van der Waals surface area contributed by atoms with Gasteiger partial charge in [-0.1, -0.05) is 6.07 Å². The topological polar surface area (TPSA) is 101 Å². The number of anilines is 1. The van der Waals surface area contributed by atoms with Crippen molar-refractivity contribution < 1.29 is 13.2 Å². The lowest BCUT2D eigenvalue weighted by molar-refractivity contribution is 0.0954. The fraction of sp³-hybridized carbons (Fsp3) is 0.364. The minimum Gasteiger partial charge on any atom is -0.399 e. The summed E-state index contributed by atoms with van der Waals surface area (Å²) in [4.78, 5) is 11.8. The van der Waals surface area contributed by atoms with Crippen molar-refractivity contribution in [1.82, 2.24) is 10.0 Å². The molecule has 0 aromatic heterocycles. The molecular weight excluding hydrogens is 254 g/mol. The second kappa shape index (κ2) is 5.83. The van der Waals surface area contributed by atoms with Crippen molar-refractivity contribution in [3.8, 4) is 0 Å². The Labute approximate surface area is 107 Å². The molecule has 0 radical (unpaired) electrons. The molecule has 0 aliphatic rings. The third kappa shape index (κ3) is 4.72. The molecule has 0 aliphatic heterocycles. The Morgan fingerprint density at radius 1 is 1.33 bits per heavy atom. The highest BCUT2D eigenvalue weighted by Crippen LogP contribution is 2.12. The van der Waals surface area contributed by atoms with Crippen molar-refractivity contribution in [2.24, 2.45) is 0 Å². The summed E-state index contributed by atoms with van der Waals surface area (Å²) in [5.41, 5.74) is 7.43. The molecule has 1 amide bonds. The van der Waals surface area contributed by atoms with Crippen LogP contribution in [0.15, 0.2) is 18.2 Å². The van der Waals surface area contributed by atoms with Crippen LogP contribution < -0.4 is 15.8 Å². The van der Waals surface area contributed by atoms with Gasteiger partial charge in [-0.05, 0) is 24.6 Å². The Balaban J connectivity index is 2.53. The monoisotopic (exact) mass is 271 g/mol. The van der Waals surface area contributed by atoms with E-state index in [-0.39, 0.29) is 19.0 Å². The molecule has 7 heteroatoms. The molecule has 6 nitrogen and oxygen atoms in total. The Morgan fingerprint density at radius 2 is 2.00 bits per heavy atom. The quantitative estimate of drug-likeness (QED) is 0.512. The van der Waals surface area contributed by atoms with Gasteiger partial charge in [0.25, 0.3) is 5.91 Å². The van der Waals surface area contributed by atoms with Crippen LogP contribution in [0.5, 0.6) is 0 Å². The van der Waals surface area contributed by atoms with Gasteiger partial charge in [-0.15, -0.1) is 0 Å². The molecular formula is C11H17N3O3S. The molecule has 0 saturated heterocycles. The van der Waals surface area contributed by atoms with Crippen LogP contribution in [0.1, 0.15) is 15.9 Å². The SMILES string of the molecule is Cc1ccc(N)cc1C(=O)NCCNS(C)(=O)=O. The molecule has 1 aromatic carbocycles. The van der Waals surface area contributed by atoms with E-state index in [9.17, 15) is 13.2 Å². The average Bonchev–Trinajstić information content (AvgIpc) is 2.26. The van der Waals surface area contributed by atoms with Crippen molar-refractivity contribution in [3.63, 3.8) is 0 Å². The fourth-order valence-corrected chi connectivity index (χ4v) is 1.86. The van der Waals surface area contributed by atoms with E-state index in [0.29, 0.717) is 11.3 Å². The van der Waals surface area contributed by atoms with Gasteiger partial charge < -0.3 is 11.1 Å². The van der Waals surface area contributed by atoms with Crippen molar-refractivity contribution in [1.29, 1.82) is 0 Å². The van der Waals surface area contributed by atoms with Gasteiger partial charge in [0, 0.05) is 24.3 Å². The van der Waals surface area contributed by atoms with E-state index in [4.69, 9.17) is 5.73 Å². The van der Waals surface area contributed by atoms with E-state index in [0.717, 1.165) is 11.8 Å². The first-order chi connectivity index (χ1) is 8.29. The Kier molecular flexibility index (Phi) is 4.69. The first-order valence-electron chi connectivity index (χ1n) is 5.38. The van der Waals surface area contributed by atoms with Crippen LogP contribution in [-0.2, 0) is 10.0 Å². The van der Waals surface area contributed by atoms with E-state index in [1.165, 1.54) is 0 Å². The highest BCUT2D eigenvalue weighted by molar-refractivity contribution is 7.88. The molecule has 0 fully saturated rings. The molecule has 0 bridgehead atoms. The molecule has 4 N–H and O–H groups in total. The highest BCUT2D eigenvalue weighted by atomic mass is 32.2. The number of hydrogen-bond donors (Lipinski definition) is 3. The van der Waals surface area contributed by atoms with Gasteiger partial charge >= 0.3 is 0 Å². The number of rotatable bonds is 5. The van der Waals surface area contributed by atoms with Gasteiger partial charge in [-0.2, -0.15) is 0 Å². The number of sulfonamides is 1. The number of nitrogens with two attached hydrogens (primary N) is 1. The first kappa shape index (κ1) is 14.5. The second-order valence-corrected chi connectivity index (χ2v) is 5.83. The van der Waals surface area contributed by atoms with Crippen molar-refractivity contribution >= 4 is 21.6 Å². The number of benzene rings is 1. The van der Waals surface area contributed by atoms with Gasteiger partial charge in [0.1, 0.15) is 0 Å². The Bertz CT molecular complexity index is 540. The van der Waals surface area contributed by atoms with Crippen LogP contribution in [0.4, 0.5) is 5.69 Å². The highest BCUT2D eigenvalue weighted by Gasteiger charge is 2.08.